The quantitative estimate of drug-likeness (QED) is 0.782. The molecule has 16 heavy (non-hydrogen) atoms. The highest BCUT2D eigenvalue weighted by Gasteiger charge is 2.16. The van der Waals surface area contributed by atoms with E-state index >= 15 is 0 Å². The summed E-state index contributed by atoms with van der Waals surface area (Å²) in [6.45, 7) is 7.13. The lowest BCUT2D eigenvalue weighted by atomic mass is 10.2. The van der Waals surface area contributed by atoms with Crippen LogP contribution in [0.25, 0.3) is 0 Å². The van der Waals surface area contributed by atoms with Crippen LogP contribution in [0.4, 0.5) is 9.18 Å². The topological polar surface area (TPSA) is 50.4 Å². The molecule has 0 aliphatic rings. The summed E-state index contributed by atoms with van der Waals surface area (Å²) >= 11 is 0. The lowest BCUT2D eigenvalue weighted by Crippen LogP contribution is -2.35. The summed E-state index contributed by atoms with van der Waals surface area (Å²) in [6, 6.07) is 0. The van der Waals surface area contributed by atoms with Crippen LogP contribution in [0.3, 0.4) is 0 Å². The van der Waals surface area contributed by atoms with Crippen molar-refractivity contribution in [2.75, 3.05) is 13.6 Å². The summed E-state index contributed by atoms with van der Waals surface area (Å²) in [5.41, 5.74) is -0.176. The zero-order valence-corrected chi connectivity index (χ0v) is 10.6. The van der Waals surface area contributed by atoms with Crippen molar-refractivity contribution in [2.24, 2.45) is 0 Å². The molecule has 0 fully saturated rings. The van der Waals surface area contributed by atoms with Gasteiger partial charge in [-0.2, -0.15) is 0 Å². The molecule has 2 N–H and O–H groups in total. The summed E-state index contributed by atoms with van der Waals surface area (Å²) in [7, 11) is 1.61. The molecule has 94 valence electrons. The second-order valence-electron chi connectivity index (χ2n) is 4.34. The number of hydrogen-bond acceptors (Lipinski definition) is 3. The Kier molecular flexibility index (Phi) is 5.85. The van der Waals surface area contributed by atoms with Gasteiger partial charge in [-0.3, -0.25) is 0 Å². The van der Waals surface area contributed by atoms with E-state index < -0.39 is 11.7 Å². The summed E-state index contributed by atoms with van der Waals surface area (Å²) < 4.78 is 18.2. The number of nitrogens with one attached hydrogen (secondary N) is 2. The van der Waals surface area contributed by atoms with Crippen LogP contribution in [-0.2, 0) is 4.74 Å². The molecule has 0 spiro atoms. The van der Waals surface area contributed by atoms with Gasteiger partial charge in [-0.25, -0.2) is 9.18 Å². The first kappa shape index (κ1) is 14.7. The van der Waals surface area contributed by atoms with Crippen molar-refractivity contribution >= 4 is 6.09 Å². The molecule has 0 aliphatic carbocycles. The Morgan fingerprint density at radius 3 is 2.31 bits per heavy atom. The highest BCUT2D eigenvalue weighted by molar-refractivity contribution is 5.68. The first-order valence-corrected chi connectivity index (χ1v) is 5.32. The average Bonchev–Trinajstić information content (AvgIpc) is 2.15. The van der Waals surface area contributed by atoms with E-state index in [1.165, 1.54) is 0 Å². The number of amides is 1. The smallest absolute Gasteiger partial charge is 0.407 e. The summed E-state index contributed by atoms with van der Waals surface area (Å²) in [5.74, 6) is -0.265. The molecule has 0 saturated heterocycles. The standard InChI is InChI=1S/C11H21FN2O2/c1-6-8(12)9(13-5)7-14-10(15)16-11(2,3)4/h13H,6-7H2,1-5H3,(H,14,15)/b9-8+. The van der Waals surface area contributed by atoms with Crippen molar-refractivity contribution < 1.29 is 13.9 Å². The molecule has 0 aromatic rings. The minimum Gasteiger partial charge on any atom is -0.444 e. The molecule has 0 unspecified atom stereocenters. The zero-order chi connectivity index (χ0) is 12.8. The molecule has 1 amide bonds. The Bertz CT molecular complexity index is 270. The van der Waals surface area contributed by atoms with Gasteiger partial charge in [0.25, 0.3) is 0 Å². The first-order valence-electron chi connectivity index (χ1n) is 5.32. The van der Waals surface area contributed by atoms with Crippen LogP contribution < -0.4 is 10.6 Å². The van der Waals surface area contributed by atoms with Gasteiger partial charge in [-0.1, -0.05) is 6.92 Å². The molecule has 0 bridgehead atoms. The van der Waals surface area contributed by atoms with Crippen LogP contribution in [0.5, 0.6) is 0 Å². The summed E-state index contributed by atoms with van der Waals surface area (Å²) in [4.78, 5) is 11.3. The number of carbonyl (C=O) groups is 1. The Labute approximate surface area is 96.2 Å². The lowest BCUT2D eigenvalue weighted by Gasteiger charge is -2.20. The third-order valence-corrected chi connectivity index (χ3v) is 1.75. The molecule has 0 atom stereocenters. The predicted molar refractivity (Wildman–Crippen MR) is 61.7 cm³/mol. The molecule has 0 rings (SSSR count). The average molecular weight is 232 g/mol. The maximum absolute atomic E-state index is 13.2. The molecule has 0 aromatic heterocycles. The van der Waals surface area contributed by atoms with Crippen LogP contribution >= 0.6 is 0 Å². The Hall–Kier alpha value is -1.26. The first-order chi connectivity index (χ1) is 7.30. The highest BCUT2D eigenvalue weighted by Crippen LogP contribution is 2.08. The van der Waals surface area contributed by atoms with Gasteiger partial charge in [-0.05, 0) is 27.2 Å². The third-order valence-electron chi connectivity index (χ3n) is 1.75. The number of likely N-dealkylation sites (N-methyl/N-ethyl adjacent to an activating group) is 1. The van der Waals surface area contributed by atoms with Crippen LogP contribution in [0, 0.1) is 0 Å². The van der Waals surface area contributed by atoms with E-state index in [-0.39, 0.29) is 12.4 Å². The SMILES string of the molecule is CC/C(F)=C(/CNC(=O)OC(C)(C)C)NC. The fourth-order valence-electron chi connectivity index (χ4n) is 1.01. The Balaban J connectivity index is 4.19. The van der Waals surface area contributed by atoms with E-state index in [1.54, 1.807) is 34.7 Å². The second-order valence-corrected chi connectivity index (χ2v) is 4.34. The fraction of sp³-hybridized carbons (Fsp3) is 0.727. The van der Waals surface area contributed by atoms with Crippen molar-refractivity contribution in [3.8, 4) is 0 Å². The Morgan fingerprint density at radius 1 is 1.38 bits per heavy atom. The number of ether oxygens (including phenoxy) is 1. The minimum atomic E-state index is -0.552. The van der Waals surface area contributed by atoms with E-state index in [9.17, 15) is 9.18 Å². The molecule has 4 nitrogen and oxygen atoms in total. The number of alkyl carbamates (subject to hydrolysis) is 1. The largest absolute Gasteiger partial charge is 0.444 e. The van der Waals surface area contributed by atoms with E-state index in [0.717, 1.165) is 0 Å². The summed E-state index contributed by atoms with van der Waals surface area (Å²) in [5, 5.41) is 5.19. The summed E-state index contributed by atoms with van der Waals surface area (Å²) in [6.07, 6.45) is -0.254. The van der Waals surface area contributed by atoms with Gasteiger partial charge < -0.3 is 15.4 Å². The van der Waals surface area contributed by atoms with Crippen LogP contribution in [0.15, 0.2) is 11.5 Å². The minimum absolute atomic E-state index is 0.102. The molecular formula is C11H21FN2O2. The van der Waals surface area contributed by atoms with Gasteiger partial charge in [0, 0.05) is 7.05 Å². The van der Waals surface area contributed by atoms with Gasteiger partial charge in [-0.15, -0.1) is 0 Å². The Morgan fingerprint density at radius 2 is 1.94 bits per heavy atom. The molecule has 0 aromatic carbocycles. The van der Waals surface area contributed by atoms with Gasteiger partial charge in [0.2, 0.25) is 0 Å². The predicted octanol–water partition coefficient (Wildman–Crippen LogP) is 2.32. The molecule has 0 saturated carbocycles. The van der Waals surface area contributed by atoms with Gasteiger partial charge in [0.1, 0.15) is 11.4 Å². The molecule has 0 heterocycles. The molecule has 0 radical (unpaired) electrons. The number of halogens is 1. The zero-order valence-electron chi connectivity index (χ0n) is 10.6. The normalized spacial score (nSPS) is 12.9. The van der Waals surface area contributed by atoms with Gasteiger partial charge >= 0.3 is 6.09 Å². The van der Waals surface area contributed by atoms with Crippen molar-refractivity contribution in [1.82, 2.24) is 10.6 Å². The number of carbonyl (C=O) groups excluding carboxylic acids is 1. The maximum atomic E-state index is 13.2. The van der Waals surface area contributed by atoms with E-state index in [4.69, 9.17) is 4.74 Å². The third kappa shape index (κ3) is 6.27. The van der Waals surface area contributed by atoms with E-state index in [2.05, 4.69) is 10.6 Å². The van der Waals surface area contributed by atoms with E-state index in [1.807, 2.05) is 0 Å². The van der Waals surface area contributed by atoms with Crippen molar-refractivity contribution in [2.45, 2.75) is 39.7 Å². The molecule has 5 heteroatoms. The maximum Gasteiger partial charge on any atom is 0.407 e. The van der Waals surface area contributed by atoms with Crippen molar-refractivity contribution in [1.29, 1.82) is 0 Å². The van der Waals surface area contributed by atoms with Crippen LogP contribution in [0.2, 0.25) is 0 Å². The number of allylic oxidation sites excluding steroid dienone is 1. The van der Waals surface area contributed by atoms with E-state index in [0.29, 0.717) is 12.1 Å². The number of hydrogen-bond donors (Lipinski definition) is 2. The van der Waals surface area contributed by atoms with Gasteiger partial charge in [0.15, 0.2) is 0 Å². The highest BCUT2D eigenvalue weighted by atomic mass is 19.1. The fourth-order valence-corrected chi connectivity index (χ4v) is 1.01. The second kappa shape index (κ2) is 6.35. The molecule has 0 aliphatic heterocycles. The monoisotopic (exact) mass is 232 g/mol. The van der Waals surface area contributed by atoms with Crippen LogP contribution in [-0.4, -0.2) is 25.3 Å². The van der Waals surface area contributed by atoms with Crippen molar-refractivity contribution in [3.05, 3.63) is 11.5 Å². The van der Waals surface area contributed by atoms with Gasteiger partial charge in [0.05, 0.1) is 12.2 Å². The van der Waals surface area contributed by atoms with Crippen molar-refractivity contribution in [3.63, 3.8) is 0 Å². The molecular weight excluding hydrogens is 211 g/mol. The number of rotatable bonds is 4. The van der Waals surface area contributed by atoms with Crippen LogP contribution in [0.1, 0.15) is 34.1 Å². The lowest BCUT2D eigenvalue weighted by molar-refractivity contribution is 0.0532.